The van der Waals surface area contributed by atoms with Crippen molar-refractivity contribution < 1.29 is 4.79 Å². The van der Waals surface area contributed by atoms with Gasteiger partial charge in [-0.25, -0.2) is 4.98 Å². The number of para-hydroxylation sites is 2. The van der Waals surface area contributed by atoms with Crippen LogP contribution in [0.4, 0.5) is 5.69 Å². The van der Waals surface area contributed by atoms with Crippen LogP contribution in [0, 0.1) is 6.92 Å². The highest BCUT2D eigenvalue weighted by Gasteiger charge is 2.12. The van der Waals surface area contributed by atoms with Crippen molar-refractivity contribution in [2.24, 2.45) is 0 Å². The van der Waals surface area contributed by atoms with Crippen molar-refractivity contribution in [3.63, 3.8) is 0 Å². The summed E-state index contributed by atoms with van der Waals surface area (Å²) in [4.78, 5) is 28.9. The SMILES string of the molecule is Cc1nc2ccccc2n(CC(=O)Nc2ccc(Cl)c(Cl)c2)c1=O. The van der Waals surface area contributed by atoms with Gasteiger partial charge in [-0.1, -0.05) is 35.3 Å². The highest BCUT2D eigenvalue weighted by Crippen LogP contribution is 2.25. The van der Waals surface area contributed by atoms with E-state index in [1.54, 1.807) is 43.3 Å². The van der Waals surface area contributed by atoms with Gasteiger partial charge in [-0.05, 0) is 37.3 Å². The summed E-state index contributed by atoms with van der Waals surface area (Å²) in [6, 6.07) is 12.0. The van der Waals surface area contributed by atoms with Crippen LogP contribution in [0.15, 0.2) is 47.3 Å². The normalized spacial score (nSPS) is 10.8. The number of hydrogen-bond acceptors (Lipinski definition) is 3. The summed E-state index contributed by atoms with van der Waals surface area (Å²) in [6.07, 6.45) is 0. The Bertz CT molecular complexity index is 999. The molecule has 0 aliphatic heterocycles. The number of aryl methyl sites for hydroxylation is 1. The third-order valence-corrected chi connectivity index (χ3v) is 4.26. The van der Waals surface area contributed by atoms with Gasteiger partial charge in [0.2, 0.25) is 5.91 Å². The zero-order valence-corrected chi connectivity index (χ0v) is 14.2. The predicted octanol–water partition coefficient (Wildman–Crippen LogP) is 3.65. The number of halogens is 2. The van der Waals surface area contributed by atoms with Gasteiger partial charge in [-0.2, -0.15) is 0 Å². The first-order chi connectivity index (χ1) is 11.5. The lowest BCUT2D eigenvalue weighted by Gasteiger charge is -2.11. The summed E-state index contributed by atoms with van der Waals surface area (Å²) < 4.78 is 1.41. The minimum atomic E-state index is -0.341. The first kappa shape index (κ1) is 16.5. The molecule has 1 aromatic heterocycles. The molecule has 0 saturated heterocycles. The van der Waals surface area contributed by atoms with E-state index in [0.717, 1.165) is 0 Å². The molecule has 0 bridgehead atoms. The number of carbonyl (C=O) groups excluding carboxylic acids is 1. The Kier molecular flexibility index (Phi) is 4.55. The van der Waals surface area contributed by atoms with Crippen molar-refractivity contribution in [1.82, 2.24) is 9.55 Å². The lowest BCUT2D eigenvalue weighted by atomic mass is 10.2. The molecule has 1 N–H and O–H groups in total. The van der Waals surface area contributed by atoms with Crippen LogP contribution in [-0.4, -0.2) is 15.5 Å². The maximum absolute atomic E-state index is 12.4. The van der Waals surface area contributed by atoms with Crippen LogP contribution >= 0.6 is 23.2 Å². The standard InChI is InChI=1S/C17H13Cl2N3O2/c1-10-17(24)22(15-5-3-2-4-14(15)20-10)9-16(23)21-11-6-7-12(18)13(19)8-11/h2-8H,9H2,1H3,(H,21,23). The first-order valence-corrected chi connectivity index (χ1v) is 7.92. The molecule has 1 heterocycles. The minimum absolute atomic E-state index is 0.122. The third kappa shape index (κ3) is 3.27. The summed E-state index contributed by atoms with van der Waals surface area (Å²) in [7, 11) is 0. The molecule has 2 aromatic carbocycles. The first-order valence-electron chi connectivity index (χ1n) is 7.17. The van der Waals surface area contributed by atoms with Crippen molar-refractivity contribution >= 4 is 45.8 Å². The molecule has 0 unspecified atom stereocenters. The average molecular weight is 362 g/mol. The smallest absolute Gasteiger partial charge is 0.272 e. The molecule has 0 radical (unpaired) electrons. The summed E-state index contributed by atoms with van der Waals surface area (Å²) >= 11 is 11.8. The quantitative estimate of drug-likeness (QED) is 0.774. The van der Waals surface area contributed by atoms with E-state index < -0.39 is 0 Å². The lowest BCUT2D eigenvalue weighted by Crippen LogP contribution is -2.30. The molecule has 0 spiro atoms. The van der Waals surface area contributed by atoms with Gasteiger partial charge >= 0.3 is 0 Å². The zero-order valence-electron chi connectivity index (χ0n) is 12.7. The van der Waals surface area contributed by atoms with Gasteiger partial charge in [0.15, 0.2) is 0 Å². The van der Waals surface area contributed by atoms with E-state index in [1.165, 1.54) is 4.57 Å². The van der Waals surface area contributed by atoms with Crippen molar-refractivity contribution in [2.45, 2.75) is 13.5 Å². The number of hydrogen-bond donors (Lipinski definition) is 1. The highest BCUT2D eigenvalue weighted by molar-refractivity contribution is 6.42. The number of rotatable bonds is 3. The fourth-order valence-electron chi connectivity index (χ4n) is 2.40. The second-order valence-corrected chi connectivity index (χ2v) is 6.07. The zero-order chi connectivity index (χ0) is 17.3. The van der Waals surface area contributed by atoms with Crippen molar-refractivity contribution in [3.05, 3.63) is 68.6 Å². The number of nitrogens with zero attached hydrogens (tertiary/aromatic N) is 2. The van der Waals surface area contributed by atoms with Crippen LogP contribution in [0.25, 0.3) is 11.0 Å². The van der Waals surface area contributed by atoms with E-state index in [-0.39, 0.29) is 18.0 Å². The number of nitrogens with one attached hydrogen (secondary N) is 1. The number of carbonyl (C=O) groups is 1. The topological polar surface area (TPSA) is 64.0 Å². The number of anilines is 1. The van der Waals surface area contributed by atoms with Gasteiger partial charge in [0.25, 0.3) is 5.56 Å². The molecular weight excluding hydrogens is 349 g/mol. The van der Waals surface area contributed by atoms with Crippen molar-refractivity contribution in [1.29, 1.82) is 0 Å². The fraction of sp³-hybridized carbons (Fsp3) is 0.118. The van der Waals surface area contributed by atoms with E-state index in [2.05, 4.69) is 10.3 Å². The van der Waals surface area contributed by atoms with Gasteiger partial charge in [0.1, 0.15) is 12.2 Å². The van der Waals surface area contributed by atoms with E-state index in [1.807, 2.05) is 6.07 Å². The van der Waals surface area contributed by atoms with Crippen LogP contribution in [0.2, 0.25) is 10.0 Å². The second-order valence-electron chi connectivity index (χ2n) is 5.25. The Labute approximate surface area is 147 Å². The number of benzene rings is 2. The van der Waals surface area contributed by atoms with Gasteiger partial charge < -0.3 is 5.32 Å². The largest absolute Gasteiger partial charge is 0.324 e. The molecule has 3 rings (SSSR count). The Balaban J connectivity index is 1.92. The van der Waals surface area contributed by atoms with Gasteiger partial charge in [-0.15, -0.1) is 0 Å². The fourth-order valence-corrected chi connectivity index (χ4v) is 2.69. The minimum Gasteiger partial charge on any atom is -0.324 e. The van der Waals surface area contributed by atoms with Gasteiger partial charge in [0.05, 0.1) is 21.1 Å². The number of amides is 1. The Hall–Kier alpha value is -2.37. The number of fused-ring (bicyclic) bond motifs is 1. The molecule has 7 heteroatoms. The summed E-state index contributed by atoms with van der Waals surface area (Å²) in [5, 5.41) is 3.46. The van der Waals surface area contributed by atoms with Crippen LogP contribution < -0.4 is 10.9 Å². The second kappa shape index (κ2) is 6.63. The molecule has 0 aliphatic rings. The molecule has 0 fully saturated rings. The average Bonchev–Trinajstić information content (AvgIpc) is 2.55. The van der Waals surface area contributed by atoms with E-state index >= 15 is 0 Å². The van der Waals surface area contributed by atoms with Crippen LogP contribution in [0.3, 0.4) is 0 Å². The maximum atomic E-state index is 12.4. The molecule has 0 saturated carbocycles. The van der Waals surface area contributed by atoms with Gasteiger partial charge in [-0.3, -0.25) is 14.2 Å². The Morgan fingerprint density at radius 3 is 2.67 bits per heavy atom. The molecule has 5 nitrogen and oxygen atoms in total. The molecule has 0 aliphatic carbocycles. The number of aromatic nitrogens is 2. The lowest BCUT2D eigenvalue weighted by molar-refractivity contribution is -0.116. The van der Waals surface area contributed by atoms with Crippen LogP contribution in [0.5, 0.6) is 0 Å². The highest BCUT2D eigenvalue weighted by atomic mass is 35.5. The Morgan fingerprint density at radius 2 is 1.92 bits per heavy atom. The maximum Gasteiger partial charge on any atom is 0.272 e. The van der Waals surface area contributed by atoms with Gasteiger partial charge in [0, 0.05) is 5.69 Å². The van der Waals surface area contributed by atoms with E-state index in [4.69, 9.17) is 23.2 Å². The summed E-state index contributed by atoms with van der Waals surface area (Å²) in [6.45, 7) is 1.51. The van der Waals surface area contributed by atoms with Crippen LogP contribution in [0.1, 0.15) is 5.69 Å². The predicted molar refractivity (Wildman–Crippen MR) is 95.8 cm³/mol. The third-order valence-electron chi connectivity index (χ3n) is 3.52. The van der Waals surface area contributed by atoms with Crippen molar-refractivity contribution in [2.75, 3.05) is 5.32 Å². The van der Waals surface area contributed by atoms with E-state index in [9.17, 15) is 9.59 Å². The molecular formula is C17H13Cl2N3O2. The monoisotopic (exact) mass is 361 g/mol. The summed E-state index contributed by atoms with van der Waals surface area (Å²) in [5.74, 6) is -0.341. The molecule has 24 heavy (non-hydrogen) atoms. The molecule has 0 atom stereocenters. The van der Waals surface area contributed by atoms with Crippen LogP contribution in [-0.2, 0) is 11.3 Å². The van der Waals surface area contributed by atoms with E-state index in [0.29, 0.717) is 32.5 Å². The Morgan fingerprint density at radius 1 is 1.17 bits per heavy atom. The molecule has 1 amide bonds. The van der Waals surface area contributed by atoms with Crippen molar-refractivity contribution in [3.8, 4) is 0 Å². The summed E-state index contributed by atoms with van der Waals surface area (Å²) in [5.41, 5.74) is 1.83. The molecule has 122 valence electrons. The molecule has 3 aromatic rings.